The van der Waals surface area contributed by atoms with Crippen molar-refractivity contribution in [1.29, 1.82) is 0 Å². The summed E-state index contributed by atoms with van der Waals surface area (Å²) in [5, 5.41) is 2.87. The normalized spacial score (nSPS) is 11.4. The summed E-state index contributed by atoms with van der Waals surface area (Å²) in [5.74, 6) is -0.373. The van der Waals surface area contributed by atoms with Gasteiger partial charge in [-0.2, -0.15) is 4.31 Å². The maximum absolute atomic E-state index is 13.3. The average molecular weight is 423 g/mol. The summed E-state index contributed by atoms with van der Waals surface area (Å²) >= 11 is 0. The molecule has 30 heavy (non-hydrogen) atoms. The van der Waals surface area contributed by atoms with E-state index in [4.69, 9.17) is 0 Å². The van der Waals surface area contributed by atoms with E-state index in [9.17, 15) is 13.2 Å². The molecule has 0 aromatic heterocycles. The Labute approximate surface area is 178 Å². The number of para-hydroxylation sites is 1. The smallest absolute Gasteiger partial charge is 0.243 e. The second-order valence-electron chi connectivity index (χ2n) is 7.13. The van der Waals surface area contributed by atoms with Crippen LogP contribution in [0.4, 0.5) is 5.69 Å². The molecule has 0 unspecified atom stereocenters. The van der Waals surface area contributed by atoms with E-state index in [1.165, 1.54) is 4.31 Å². The lowest BCUT2D eigenvalue weighted by molar-refractivity contribution is -0.116. The van der Waals surface area contributed by atoms with E-state index in [0.29, 0.717) is 5.69 Å². The minimum absolute atomic E-state index is 0.111. The summed E-state index contributed by atoms with van der Waals surface area (Å²) in [6, 6.07) is 23.4. The van der Waals surface area contributed by atoms with Gasteiger partial charge in [-0.3, -0.25) is 4.79 Å². The van der Waals surface area contributed by atoms with Crippen LogP contribution in [0.1, 0.15) is 23.6 Å². The van der Waals surface area contributed by atoms with Crippen LogP contribution in [0, 0.1) is 6.92 Å². The van der Waals surface area contributed by atoms with Crippen molar-refractivity contribution < 1.29 is 13.2 Å². The molecule has 0 aliphatic heterocycles. The van der Waals surface area contributed by atoms with E-state index < -0.39 is 10.0 Å². The van der Waals surface area contributed by atoms with Gasteiger partial charge in [0.15, 0.2) is 0 Å². The summed E-state index contributed by atoms with van der Waals surface area (Å²) in [6.07, 6.45) is 0.770. The fourth-order valence-electron chi connectivity index (χ4n) is 3.16. The van der Waals surface area contributed by atoms with Crippen molar-refractivity contribution >= 4 is 21.6 Å². The Morgan fingerprint density at radius 2 is 1.53 bits per heavy atom. The van der Waals surface area contributed by atoms with Gasteiger partial charge in [0, 0.05) is 12.2 Å². The number of amides is 1. The second-order valence-corrected chi connectivity index (χ2v) is 9.07. The lowest BCUT2D eigenvalue weighted by Gasteiger charge is -2.22. The lowest BCUT2D eigenvalue weighted by Crippen LogP contribution is -2.37. The van der Waals surface area contributed by atoms with Crippen molar-refractivity contribution in [2.24, 2.45) is 0 Å². The number of rotatable bonds is 8. The van der Waals surface area contributed by atoms with Crippen molar-refractivity contribution in [2.45, 2.75) is 31.7 Å². The third-order valence-electron chi connectivity index (χ3n) is 4.85. The number of carbonyl (C=O) groups excluding carboxylic acids is 1. The fourth-order valence-corrected chi connectivity index (χ4v) is 4.57. The summed E-state index contributed by atoms with van der Waals surface area (Å²) in [4.78, 5) is 13.0. The maximum Gasteiger partial charge on any atom is 0.243 e. The Bertz CT molecular complexity index is 1090. The van der Waals surface area contributed by atoms with Crippen LogP contribution < -0.4 is 5.32 Å². The minimum Gasteiger partial charge on any atom is -0.325 e. The molecule has 3 aromatic rings. The molecule has 0 fully saturated rings. The van der Waals surface area contributed by atoms with Crippen LogP contribution in [0.25, 0.3) is 0 Å². The van der Waals surface area contributed by atoms with Gasteiger partial charge in [0.1, 0.15) is 0 Å². The molecule has 0 saturated heterocycles. The molecule has 1 N–H and O–H groups in total. The highest BCUT2D eigenvalue weighted by molar-refractivity contribution is 7.89. The van der Waals surface area contributed by atoms with E-state index in [1.54, 1.807) is 30.3 Å². The van der Waals surface area contributed by atoms with Crippen molar-refractivity contribution in [3.63, 3.8) is 0 Å². The molecule has 3 rings (SSSR count). The monoisotopic (exact) mass is 422 g/mol. The summed E-state index contributed by atoms with van der Waals surface area (Å²) in [6.45, 7) is 3.82. The molecule has 0 heterocycles. The van der Waals surface area contributed by atoms with E-state index in [2.05, 4.69) is 5.32 Å². The van der Waals surface area contributed by atoms with Gasteiger partial charge in [-0.05, 0) is 42.7 Å². The first kappa shape index (κ1) is 21.7. The summed E-state index contributed by atoms with van der Waals surface area (Å²) < 4.78 is 27.7. The Morgan fingerprint density at radius 3 is 2.20 bits per heavy atom. The first-order chi connectivity index (χ1) is 14.4. The zero-order valence-corrected chi connectivity index (χ0v) is 18.0. The Kier molecular flexibility index (Phi) is 7.03. The van der Waals surface area contributed by atoms with Gasteiger partial charge < -0.3 is 5.32 Å². The average Bonchev–Trinajstić information content (AvgIpc) is 2.75. The number of hydrogen-bond acceptors (Lipinski definition) is 3. The number of carbonyl (C=O) groups is 1. The largest absolute Gasteiger partial charge is 0.325 e. The van der Waals surface area contributed by atoms with Crippen molar-refractivity contribution in [1.82, 2.24) is 4.31 Å². The molecule has 0 aliphatic rings. The molecule has 0 radical (unpaired) electrons. The van der Waals surface area contributed by atoms with Crippen LogP contribution in [0.5, 0.6) is 0 Å². The van der Waals surface area contributed by atoms with Crippen LogP contribution in [0.15, 0.2) is 83.8 Å². The Balaban J connectivity index is 1.87. The van der Waals surface area contributed by atoms with Crippen LogP contribution >= 0.6 is 0 Å². The number of nitrogens with one attached hydrogen (secondary N) is 1. The number of anilines is 1. The lowest BCUT2D eigenvalue weighted by atomic mass is 10.1. The molecule has 3 aromatic carbocycles. The van der Waals surface area contributed by atoms with E-state index in [-0.39, 0.29) is 23.9 Å². The van der Waals surface area contributed by atoms with Crippen LogP contribution in [0.3, 0.4) is 0 Å². The highest BCUT2D eigenvalue weighted by Crippen LogP contribution is 2.20. The number of hydrogen-bond donors (Lipinski definition) is 1. The highest BCUT2D eigenvalue weighted by Gasteiger charge is 2.27. The van der Waals surface area contributed by atoms with Gasteiger partial charge in [0.2, 0.25) is 15.9 Å². The number of aryl methyl sites for hydroxylation is 2. The molecular weight excluding hydrogens is 396 g/mol. The van der Waals surface area contributed by atoms with Crippen LogP contribution in [0.2, 0.25) is 0 Å². The van der Waals surface area contributed by atoms with E-state index >= 15 is 0 Å². The Hall–Kier alpha value is -2.96. The van der Waals surface area contributed by atoms with Crippen LogP contribution in [-0.4, -0.2) is 25.2 Å². The summed E-state index contributed by atoms with van der Waals surface area (Å²) in [5.41, 5.74) is 3.62. The molecule has 0 bridgehead atoms. The van der Waals surface area contributed by atoms with Crippen molar-refractivity contribution in [2.75, 3.05) is 11.9 Å². The second kappa shape index (κ2) is 9.69. The number of nitrogens with zero attached hydrogens (tertiary/aromatic N) is 1. The molecule has 5 nitrogen and oxygen atoms in total. The standard InChI is InChI=1S/C24H26N2O3S/c1-3-21-9-7-8-12-23(21)25-24(27)18-26(17-20-15-13-19(2)14-16-20)30(28,29)22-10-5-4-6-11-22/h4-16H,3,17-18H2,1-2H3,(H,25,27). The molecule has 0 atom stereocenters. The summed E-state index contributed by atoms with van der Waals surface area (Å²) in [7, 11) is -3.84. The molecular formula is C24H26N2O3S. The SMILES string of the molecule is CCc1ccccc1NC(=O)CN(Cc1ccc(C)cc1)S(=O)(=O)c1ccccc1. The number of benzene rings is 3. The van der Waals surface area contributed by atoms with Crippen molar-refractivity contribution in [3.05, 3.63) is 95.6 Å². The minimum atomic E-state index is -3.84. The van der Waals surface area contributed by atoms with Gasteiger partial charge in [-0.25, -0.2) is 8.42 Å². The topological polar surface area (TPSA) is 66.5 Å². The predicted octanol–water partition coefficient (Wildman–Crippen LogP) is 4.39. The Morgan fingerprint density at radius 1 is 0.900 bits per heavy atom. The molecule has 0 aliphatic carbocycles. The van der Waals surface area contributed by atoms with Gasteiger partial charge in [0.05, 0.1) is 11.4 Å². The van der Waals surface area contributed by atoms with Crippen LogP contribution in [-0.2, 0) is 27.8 Å². The quantitative estimate of drug-likeness (QED) is 0.586. The van der Waals surface area contributed by atoms with E-state index in [1.807, 2.05) is 62.4 Å². The third-order valence-corrected chi connectivity index (χ3v) is 6.66. The zero-order chi connectivity index (χ0) is 21.6. The molecule has 0 saturated carbocycles. The molecule has 156 valence electrons. The fraction of sp³-hybridized carbons (Fsp3) is 0.208. The first-order valence-corrected chi connectivity index (χ1v) is 11.3. The predicted molar refractivity (Wildman–Crippen MR) is 120 cm³/mol. The molecule has 1 amide bonds. The van der Waals surface area contributed by atoms with Gasteiger partial charge in [0.25, 0.3) is 0 Å². The number of sulfonamides is 1. The third kappa shape index (κ3) is 5.34. The van der Waals surface area contributed by atoms with Gasteiger partial charge in [-0.1, -0.05) is 73.2 Å². The van der Waals surface area contributed by atoms with E-state index in [0.717, 1.165) is 23.1 Å². The zero-order valence-electron chi connectivity index (χ0n) is 17.2. The molecule has 6 heteroatoms. The molecule has 0 spiro atoms. The van der Waals surface area contributed by atoms with Gasteiger partial charge in [-0.15, -0.1) is 0 Å². The maximum atomic E-state index is 13.3. The highest BCUT2D eigenvalue weighted by atomic mass is 32.2. The van der Waals surface area contributed by atoms with Gasteiger partial charge >= 0.3 is 0 Å². The van der Waals surface area contributed by atoms with Crippen molar-refractivity contribution in [3.8, 4) is 0 Å². The first-order valence-electron chi connectivity index (χ1n) is 9.88.